The van der Waals surface area contributed by atoms with Gasteiger partial charge in [-0.25, -0.2) is 0 Å². The van der Waals surface area contributed by atoms with Crippen LogP contribution in [0.5, 0.6) is 0 Å². The summed E-state index contributed by atoms with van der Waals surface area (Å²) in [7, 11) is 0. The molecule has 0 amide bonds. The molecule has 62 valence electrons. The molecule has 0 aromatic heterocycles. The summed E-state index contributed by atoms with van der Waals surface area (Å²) in [5.41, 5.74) is 8.33. The Bertz CT molecular complexity index is 206. The van der Waals surface area contributed by atoms with E-state index in [2.05, 4.69) is 19.9 Å². The lowest BCUT2D eigenvalue weighted by molar-refractivity contribution is 0.742. The van der Waals surface area contributed by atoms with Gasteiger partial charge in [-0.05, 0) is 13.3 Å². The molecule has 0 aliphatic heterocycles. The zero-order valence-corrected chi connectivity index (χ0v) is 7.73. The van der Waals surface area contributed by atoms with Crippen molar-refractivity contribution in [3.63, 3.8) is 0 Å². The number of hydrogen-bond acceptors (Lipinski definition) is 1. The third-order valence-electron chi connectivity index (χ3n) is 2.01. The van der Waals surface area contributed by atoms with E-state index in [0.717, 1.165) is 6.42 Å². The van der Waals surface area contributed by atoms with Crippen LogP contribution in [-0.2, 0) is 0 Å². The molecule has 0 aromatic rings. The van der Waals surface area contributed by atoms with Crippen molar-refractivity contribution in [1.82, 2.24) is 0 Å². The molecule has 1 rings (SSSR count). The van der Waals surface area contributed by atoms with Gasteiger partial charge in [-0.3, -0.25) is 0 Å². The second-order valence-electron chi connectivity index (χ2n) is 2.95. The highest BCUT2D eigenvalue weighted by atomic mass is 35.5. The molecule has 1 aliphatic carbocycles. The van der Waals surface area contributed by atoms with Crippen LogP contribution in [0.15, 0.2) is 23.3 Å². The van der Waals surface area contributed by atoms with Crippen molar-refractivity contribution >= 4 is 11.6 Å². The van der Waals surface area contributed by atoms with Crippen molar-refractivity contribution in [3.05, 3.63) is 23.3 Å². The monoisotopic (exact) mass is 171 g/mol. The van der Waals surface area contributed by atoms with E-state index in [9.17, 15) is 0 Å². The molecule has 0 aromatic carbocycles. The van der Waals surface area contributed by atoms with Crippen molar-refractivity contribution in [3.8, 4) is 0 Å². The standard InChI is InChI=1S/C9H14ClN/c1-3-7-4-6(2)5-8(10)9(7)11/h4-5,8-9H,3,11H2,1-2H3. The smallest absolute Gasteiger partial charge is 0.0711 e. The van der Waals surface area contributed by atoms with Gasteiger partial charge in [0, 0.05) is 6.04 Å². The van der Waals surface area contributed by atoms with Crippen molar-refractivity contribution in [2.75, 3.05) is 0 Å². The predicted octanol–water partition coefficient (Wildman–Crippen LogP) is 2.22. The second kappa shape index (κ2) is 3.42. The van der Waals surface area contributed by atoms with Crippen LogP contribution in [0.3, 0.4) is 0 Å². The summed E-state index contributed by atoms with van der Waals surface area (Å²) in [4.78, 5) is 0. The summed E-state index contributed by atoms with van der Waals surface area (Å²) in [6.45, 7) is 4.16. The van der Waals surface area contributed by atoms with Crippen molar-refractivity contribution in [2.45, 2.75) is 31.7 Å². The van der Waals surface area contributed by atoms with Crippen LogP contribution in [-0.4, -0.2) is 11.4 Å². The van der Waals surface area contributed by atoms with Gasteiger partial charge in [0.05, 0.1) is 5.38 Å². The first-order chi connectivity index (χ1) is 5.15. The Morgan fingerprint density at radius 1 is 1.64 bits per heavy atom. The number of rotatable bonds is 1. The predicted molar refractivity (Wildman–Crippen MR) is 49.7 cm³/mol. The topological polar surface area (TPSA) is 26.0 Å². The molecule has 2 unspecified atom stereocenters. The van der Waals surface area contributed by atoms with Crippen LogP contribution in [0.1, 0.15) is 20.3 Å². The van der Waals surface area contributed by atoms with E-state index in [0.29, 0.717) is 0 Å². The van der Waals surface area contributed by atoms with Crippen molar-refractivity contribution in [2.24, 2.45) is 5.73 Å². The quantitative estimate of drug-likeness (QED) is 0.602. The summed E-state index contributed by atoms with van der Waals surface area (Å²) in [6.07, 6.45) is 5.13. The van der Waals surface area contributed by atoms with Crippen LogP contribution in [0.4, 0.5) is 0 Å². The van der Waals surface area contributed by atoms with Gasteiger partial charge < -0.3 is 5.73 Å². The van der Waals surface area contributed by atoms with Crippen LogP contribution in [0.2, 0.25) is 0 Å². The minimum Gasteiger partial charge on any atom is -0.323 e. The Morgan fingerprint density at radius 3 is 2.82 bits per heavy atom. The molecule has 0 spiro atoms. The largest absolute Gasteiger partial charge is 0.323 e. The van der Waals surface area contributed by atoms with Crippen molar-refractivity contribution in [1.29, 1.82) is 0 Å². The minimum atomic E-state index is -0.0186. The van der Waals surface area contributed by atoms with Gasteiger partial charge in [-0.15, -0.1) is 11.6 Å². The SMILES string of the molecule is CCC1=CC(C)=CC(Cl)C1N. The van der Waals surface area contributed by atoms with E-state index >= 15 is 0 Å². The lowest BCUT2D eigenvalue weighted by atomic mass is 9.94. The molecule has 0 saturated heterocycles. The molecule has 0 heterocycles. The maximum Gasteiger partial charge on any atom is 0.0711 e. The zero-order chi connectivity index (χ0) is 8.43. The molecule has 0 saturated carbocycles. The van der Waals surface area contributed by atoms with E-state index in [1.54, 1.807) is 0 Å². The molecule has 2 heteroatoms. The Balaban J connectivity index is 2.84. The fourth-order valence-corrected chi connectivity index (χ4v) is 1.69. The van der Waals surface area contributed by atoms with Gasteiger partial charge in [0.1, 0.15) is 0 Å². The number of nitrogens with two attached hydrogens (primary N) is 1. The Kier molecular flexibility index (Phi) is 2.74. The summed E-state index contributed by atoms with van der Waals surface area (Å²) in [6, 6.07) is 0.0189. The highest BCUT2D eigenvalue weighted by molar-refractivity contribution is 6.22. The molecule has 1 nitrogen and oxygen atoms in total. The zero-order valence-electron chi connectivity index (χ0n) is 6.97. The molecule has 0 radical (unpaired) electrons. The highest BCUT2D eigenvalue weighted by Crippen LogP contribution is 2.22. The maximum atomic E-state index is 5.99. The van der Waals surface area contributed by atoms with Gasteiger partial charge in [0.25, 0.3) is 0 Å². The minimum absolute atomic E-state index is 0.0186. The van der Waals surface area contributed by atoms with Crippen LogP contribution >= 0.6 is 11.6 Å². The number of alkyl halides is 1. The van der Waals surface area contributed by atoms with Crippen LogP contribution in [0, 0.1) is 0 Å². The van der Waals surface area contributed by atoms with Gasteiger partial charge in [0.15, 0.2) is 0 Å². The van der Waals surface area contributed by atoms with E-state index in [1.165, 1.54) is 11.1 Å². The summed E-state index contributed by atoms with van der Waals surface area (Å²) in [5.74, 6) is 0. The van der Waals surface area contributed by atoms with Crippen molar-refractivity contribution < 1.29 is 0 Å². The van der Waals surface area contributed by atoms with E-state index in [4.69, 9.17) is 17.3 Å². The first-order valence-corrected chi connectivity index (χ1v) is 4.37. The molecule has 2 N–H and O–H groups in total. The number of allylic oxidation sites excluding steroid dienone is 2. The average molecular weight is 172 g/mol. The lowest BCUT2D eigenvalue weighted by Gasteiger charge is -2.22. The van der Waals surface area contributed by atoms with Gasteiger partial charge in [-0.2, -0.15) is 0 Å². The Hall–Kier alpha value is -0.270. The Morgan fingerprint density at radius 2 is 2.27 bits per heavy atom. The fourth-order valence-electron chi connectivity index (χ4n) is 1.33. The lowest BCUT2D eigenvalue weighted by Crippen LogP contribution is -2.33. The number of hydrogen-bond donors (Lipinski definition) is 1. The molecule has 2 atom stereocenters. The average Bonchev–Trinajstić information content (AvgIpc) is 1.96. The maximum absolute atomic E-state index is 5.99. The third-order valence-corrected chi connectivity index (χ3v) is 2.41. The first-order valence-electron chi connectivity index (χ1n) is 3.93. The normalized spacial score (nSPS) is 31.3. The molecule has 1 aliphatic rings. The Labute approximate surface area is 72.9 Å². The van der Waals surface area contributed by atoms with Gasteiger partial charge >= 0.3 is 0 Å². The van der Waals surface area contributed by atoms with Crippen LogP contribution < -0.4 is 5.73 Å². The van der Waals surface area contributed by atoms with E-state index in [-0.39, 0.29) is 11.4 Å². The molecule has 0 bridgehead atoms. The number of halogens is 1. The molecule has 0 fully saturated rings. The molecule has 11 heavy (non-hydrogen) atoms. The summed E-state index contributed by atoms with van der Waals surface area (Å²) < 4.78 is 0. The molecular formula is C9H14ClN. The molecular weight excluding hydrogens is 158 g/mol. The second-order valence-corrected chi connectivity index (χ2v) is 3.46. The van der Waals surface area contributed by atoms with E-state index in [1.807, 2.05) is 6.08 Å². The van der Waals surface area contributed by atoms with Crippen LogP contribution in [0.25, 0.3) is 0 Å². The van der Waals surface area contributed by atoms with E-state index < -0.39 is 0 Å². The third kappa shape index (κ3) is 1.85. The summed E-state index contributed by atoms with van der Waals surface area (Å²) >= 11 is 5.99. The van der Waals surface area contributed by atoms with Gasteiger partial charge in [0.2, 0.25) is 0 Å². The summed E-state index contributed by atoms with van der Waals surface area (Å²) in [5, 5.41) is -0.0186. The fraction of sp³-hybridized carbons (Fsp3) is 0.556. The van der Waals surface area contributed by atoms with Gasteiger partial charge in [-0.1, -0.05) is 30.2 Å². The first kappa shape index (κ1) is 8.82. The highest BCUT2D eigenvalue weighted by Gasteiger charge is 2.19.